The summed E-state index contributed by atoms with van der Waals surface area (Å²) in [6, 6.07) is 18.1. The normalized spacial score (nSPS) is 11.9. The first-order valence-electron chi connectivity index (χ1n) is 10.8. The summed E-state index contributed by atoms with van der Waals surface area (Å²) in [7, 11) is 0. The van der Waals surface area contributed by atoms with E-state index < -0.39 is 11.7 Å². The first kappa shape index (κ1) is 24.3. The molecule has 0 radical (unpaired) electrons. The number of hydrogen-bond acceptors (Lipinski definition) is 4. The first-order valence-corrected chi connectivity index (χ1v) is 10.8. The number of ether oxygens (including phenoxy) is 2. The van der Waals surface area contributed by atoms with Crippen molar-refractivity contribution < 1.29 is 14.3 Å². The lowest BCUT2D eigenvalue weighted by molar-refractivity contribution is 0.0510. The molecule has 0 aliphatic rings. The summed E-state index contributed by atoms with van der Waals surface area (Å²) in [6.07, 6.45) is 1.78. The van der Waals surface area contributed by atoms with Gasteiger partial charge in [0, 0.05) is 24.8 Å². The van der Waals surface area contributed by atoms with Crippen LogP contribution in [0.5, 0.6) is 5.75 Å². The van der Waals surface area contributed by atoms with E-state index in [4.69, 9.17) is 9.47 Å². The van der Waals surface area contributed by atoms with Crippen LogP contribution in [0.3, 0.4) is 0 Å². The summed E-state index contributed by atoms with van der Waals surface area (Å²) in [5, 5.41) is 2.93. The van der Waals surface area contributed by atoms with Crippen LogP contribution in [0.1, 0.15) is 47.1 Å². The molecule has 0 saturated heterocycles. The summed E-state index contributed by atoms with van der Waals surface area (Å²) >= 11 is 0. The fraction of sp³-hybridized carbons (Fsp3) is 0.423. The second-order valence-electron chi connectivity index (χ2n) is 9.00. The number of nitrogens with zero attached hydrogens (tertiary/aromatic N) is 1. The number of amides is 1. The van der Waals surface area contributed by atoms with Crippen molar-refractivity contribution in [3.8, 4) is 5.75 Å². The van der Waals surface area contributed by atoms with Crippen molar-refractivity contribution in [2.45, 2.75) is 59.8 Å². The Hall–Kier alpha value is -2.95. The fourth-order valence-electron chi connectivity index (χ4n) is 2.96. The van der Waals surface area contributed by atoms with Gasteiger partial charge in [0.15, 0.2) is 0 Å². The smallest absolute Gasteiger partial charge is 0.407 e. The molecule has 168 valence electrons. The second-order valence-corrected chi connectivity index (χ2v) is 9.00. The predicted molar refractivity (Wildman–Crippen MR) is 128 cm³/mol. The molecule has 2 aromatic rings. The van der Waals surface area contributed by atoms with E-state index >= 15 is 0 Å². The molecule has 0 aliphatic heterocycles. The van der Waals surface area contributed by atoms with E-state index in [1.54, 1.807) is 0 Å². The lowest BCUT2D eigenvalue weighted by atomic mass is 10.2. The third kappa shape index (κ3) is 9.60. The van der Waals surface area contributed by atoms with Crippen LogP contribution >= 0.6 is 0 Å². The minimum Gasteiger partial charge on any atom is -0.489 e. The van der Waals surface area contributed by atoms with Crippen molar-refractivity contribution in [3.63, 3.8) is 0 Å². The van der Waals surface area contributed by atoms with Crippen LogP contribution in [-0.4, -0.2) is 30.8 Å². The summed E-state index contributed by atoms with van der Waals surface area (Å²) in [5.41, 5.74) is 2.95. The Bertz CT molecular complexity index is 835. The number of hydrogen-bond donors (Lipinski definition) is 1. The highest BCUT2D eigenvalue weighted by atomic mass is 16.6. The van der Waals surface area contributed by atoms with Crippen LogP contribution in [0.25, 0.3) is 0 Å². The first-order chi connectivity index (χ1) is 14.6. The van der Waals surface area contributed by atoms with Gasteiger partial charge in [-0.25, -0.2) is 4.79 Å². The maximum Gasteiger partial charge on any atom is 0.407 e. The van der Waals surface area contributed by atoms with Crippen LogP contribution < -0.4 is 15.0 Å². The molecule has 1 N–H and O–H groups in total. The maximum atomic E-state index is 12.1. The Morgan fingerprint density at radius 3 is 2.29 bits per heavy atom. The zero-order valence-corrected chi connectivity index (χ0v) is 19.6. The van der Waals surface area contributed by atoms with Crippen LogP contribution in [0.2, 0.25) is 0 Å². The van der Waals surface area contributed by atoms with Crippen molar-refractivity contribution in [1.82, 2.24) is 5.32 Å². The minimum absolute atomic E-state index is 0.0746. The van der Waals surface area contributed by atoms with E-state index in [1.807, 2.05) is 58.0 Å². The fourth-order valence-corrected chi connectivity index (χ4v) is 2.96. The van der Waals surface area contributed by atoms with Crippen molar-refractivity contribution in [2.24, 2.45) is 0 Å². The molecule has 0 saturated carbocycles. The lowest BCUT2D eigenvalue weighted by Crippen LogP contribution is -2.44. The molecule has 0 unspecified atom stereocenters. The number of rotatable bonds is 9. The quantitative estimate of drug-likeness (QED) is 0.505. The number of carbonyl (C=O) groups is 1. The Morgan fingerprint density at radius 1 is 1.06 bits per heavy atom. The molecule has 1 atom stereocenters. The van der Waals surface area contributed by atoms with Gasteiger partial charge in [-0.05, 0) is 71.4 Å². The Labute approximate surface area is 187 Å². The molecule has 0 fully saturated rings. The Morgan fingerprint density at radius 2 is 1.71 bits per heavy atom. The van der Waals surface area contributed by atoms with Crippen molar-refractivity contribution in [1.29, 1.82) is 0 Å². The molecule has 31 heavy (non-hydrogen) atoms. The number of allylic oxidation sites excluding steroid dienone is 1. The Balaban J connectivity index is 2.01. The van der Waals surface area contributed by atoms with Gasteiger partial charge < -0.3 is 19.7 Å². The van der Waals surface area contributed by atoms with Gasteiger partial charge in [-0.1, -0.05) is 42.0 Å². The lowest BCUT2D eigenvalue weighted by Gasteiger charge is -2.28. The summed E-state index contributed by atoms with van der Waals surface area (Å²) in [4.78, 5) is 14.3. The zero-order valence-electron chi connectivity index (χ0n) is 19.6. The SMILES string of the molecule is CC(C)=CCN(C[C@H](C)NC(=O)OC(C)(C)C)c1ccc(OCc2ccccc2)cc1. The molecule has 5 heteroatoms. The van der Waals surface area contributed by atoms with Gasteiger partial charge in [0.1, 0.15) is 18.0 Å². The zero-order chi connectivity index (χ0) is 22.9. The van der Waals surface area contributed by atoms with E-state index in [0.29, 0.717) is 13.2 Å². The highest BCUT2D eigenvalue weighted by Gasteiger charge is 2.19. The van der Waals surface area contributed by atoms with Crippen LogP contribution in [0.15, 0.2) is 66.2 Å². The molecule has 2 rings (SSSR count). The monoisotopic (exact) mass is 424 g/mol. The van der Waals surface area contributed by atoms with Gasteiger partial charge in [0.25, 0.3) is 0 Å². The number of nitrogens with one attached hydrogen (secondary N) is 1. The molecule has 0 bridgehead atoms. The number of benzene rings is 2. The van der Waals surface area contributed by atoms with E-state index in [0.717, 1.165) is 23.5 Å². The topological polar surface area (TPSA) is 50.8 Å². The van der Waals surface area contributed by atoms with E-state index in [1.165, 1.54) is 5.57 Å². The summed E-state index contributed by atoms with van der Waals surface area (Å²) in [5.74, 6) is 0.828. The summed E-state index contributed by atoms with van der Waals surface area (Å²) in [6.45, 7) is 13.7. The number of anilines is 1. The highest BCUT2D eigenvalue weighted by Crippen LogP contribution is 2.21. The van der Waals surface area contributed by atoms with Crippen LogP contribution in [0, 0.1) is 0 Å². The largest absolute Gasteiger partial charge is 0.489 e. The number of alkyl carbamates (subject to hydrolysis) is 1. The molecular weight excluding hydrogens is 388 g/mol. The van der Waals surface area contributed by atoms with Gasteiger partial charge in [-0.15, -0.1) is 0 Å². The maximum absolute atomic E-state index is 12.1. The van der Waals surface area contributed by atoms with E-state index in [-0.39, 0.29) is 6.04 Å². The minimum atomic E-state index is -0.513. The molecule has 0 aromatic heterocycles. The second kappa shape index (κ2) is 11.4. The van der Waals surface area contributed by atoms with Crippen molar-refractivity contribution >= 4 is 11.8 Å². The molecule has 0 heterocycles. The molecule has 0 aliphatic carbocycles. The third-order valence-corrected chi connectivity index (χ3v) is 4.43. The standard InChI is InChI=1S/C26H36N2O3/c1-20(2)16-17-28(18-21(3)27-25(29)31-26(4,5)6)23-12-14-24(15-13-23)30-19-22-10-8-7-9-11-22/h7-16,21H,17-19H2,1-6H3,(H,27,29)/t21-/m0/s1. The molecule has 5 nitrogen and oxygen atoms in total. The van der Waals surface area contributed by atoms with E-state index in [2.05, 4.69) is 54.4 Å². The average molecular weight is 425 g/mol. The van der Waals surface area contributed by atoms with E-state index in [9.17, 15) is 4.79 Å². The van der Waals surface area contributed by atoms with Gasteiger partial charge in [-0.2, -0.15) is 0 Å². The highest BCUT2D eigenvalue weighted by molar-refractivity contribution is 5.68. The Kier molecular flexibility index (Phi) is 8.98. The molecule has 1 amide bonds. The molecular formula is C26H36N2O3. The van der Waals surface area contributed by atoms with Gasteiger partial charge in [0.05, 0.1) is 0 Å². The average Bonchev–Trinajstić information content (AvgIpc) is 2.69. The summed E-state index contributed by atoms with van der Waals surface area (Å²) < 4.78 is 11.3. The van der Waals surface area contributed by atoms with Crippen molar-refractivity contribution in [2.75, 3.05) is 18.0 Å². The van der Waals surface area contributed by atoms with Crippen LogP contribution in [-0.2, 0) is 11.3 Å². The van der Waals surface area contributed by atoms with Gasteiger partial charge in [0.2, 0.25) is 0 Å². The third-order valence-electron chi connectivity index (χ3n) is 4.43. The number of carbonyl (C=O) groups excluding carboxylic acids is 1. The molecule has 0 spiro atoms. The predicted octanol–water partition coefficient (Wildman–Crippen LogP) is 5.95. The molecule has 2 aromatic carbocycles. The van der Waals surface area contributed by atoms with Crippen LogP contribution in [0.4, 0.5) is 10.5 Å². The van der Waals surface area contributed by atoms with Gasteiger partial charge in [-0.3, -0.25) is 0 Å². The van der Waals surface area contributed by atoms with Gasteiger partial charge >= 0.3 is 6.09 Å². The van der Waals surface area contributed by atoms with Crippen molar-refractivity contribution in [3.05, 3.63) is 71.8 Å².